The summed E-state index contributed by atoms with van der Waals surface area (Å²) in [5, 5.41) is 3.26. The quantitative estimate of drug-likeness (QED) is 0.583. The molecule has 4 rings (SSSR count). The molecular formula is C23H19N3O4S. The number of carbonyl (C=O) groups is 2. The Labute approximate surface area is 183 Å². The molecule has 0 radical (unpaired) electrons. The Hall–Kier alpha value is -3.78. The van der Waals surface area contributed by atoms with Gasteiger partial charge in [0.1, 0.15) is 17.2 Å². The van der Waals surface area contributed by atoms with Crippen LogP contribution in [0.4, 0.5) is 11.4 Å². The Bertz CT molecular complexity index is 1120. The fraction of sp³-hybridized carbons (Fsp3) is 0.0870. The molecule has 0 saturated heterocycles. The van der Waals surface area contributed by atoms with Gasteiger partial charge in [0.15, 0.2) is 5.17 Å². The van der Waals surface area contributed by atoms with Crippen molar-refractivity contribution in [2.45, 2.75) is 0 Å². The first kappa shape index (κ1) is 20.5. The Morgan fingerprint density at radius 2 is 1.90 bits per heavy atom. The minimum Gasteiger partial charge on any atom is -0.497 e. The van der Waals surface area contributed by atoms with E-state index in [0.717, 1.165) is 0 Å². The van der Waals surface area contributed by atoms with Gasteiger partial charge in [-0.1, -0.05) is 30.0 Å². The van der Waals surface area contributed by atoms with Crippen LogP contribution in [-0.4, -0.2) is 29.8 Å². The first-order chi connectivity index (χ1) is 15.1. The number of ether oxygens (including phenoxy) is 1. The molecule has 156 valence electrons. The highest BCUT2D eigenvalue weighted by molar-refractivity contribution is 8.14. The molecule has 1 aromatic heterocycles. The standard InChI is InChI=1S/C23H19N3O4S/c1-29-18-11-9-16(10-12-18)24-21(27)15-31-23-25-20(14-19-8-5-13-30-19)22(28)26(23)17-6-3-2-4-7-17/h2-14H,15H2,1H3,(H,24,27)/b20-14-. The zero-order chi connectivity index (χ0) is 21.6. The van der Waals surface area contributed by atoms with E-state index >= 15 is 0 Å². The first-order valence-electron chi connectivity index (χ1n) is 9.44. The Kier molecular flexibility index (Phi) is 6.18. The SMILES string of the molecule is COc1ccc(NC(=O)CSC2=N/C(=C\c3ccco3)C(=O)N2c2ccccc2)cc1. The summed E-state index contributed by atoms with van der Waals surface area (Å²) in [6.45, 7) is 0. The van der Waals surface area contributed by atoms with Gasteiger partial charge in [0, 0.05) is 11.8 Å². The Morgan fingerprint density at radius 1 is 1.13 bits per heavy atom. The molecule has 0 aliphatic carbocycles. The highest BCUT2D eigenvalue weighted by Crippen LogP contribution is 2.29. The van der Waals surface area contributed by atoms with E-state index in [1.807, 2.05) is 30.3 Å². The zero-order valence-electron chi connectivity index (χ0n) is 16.6. The number of aliphatic imine (C=N–C) groups is 1. The predicted octanol–water partition coefficient (Wildman–Crippen LogP) is 4.40. The molecule has 7 nitrogen and oxygen atoms in total. The number of nitrogens with zero attached hydrogens (tertiary/aromatic N) is 2. The average Bonchev–Trinajstić information content (AvgIpc) is 3.42. The molecule has 1 aliphatic heterocycles. The van der Waals surface area contributed by atoms with Gasteiger partial charge in [-0.3, -0.25) is 14.5 Å². The molecule has 0 saturated carbocycles. The second kappa shape index (κ2) is 9.36. The molecule has 1 N–H and O–H groups in total. The summed E-state index contributed by atoms with van der Waals surface area (Å²) in [6, 6.07) is 19.7. The third-order valence-electron chi connectivity index (χ3n) is 4.37. The number of amidine groups is 1. The van der Waals surface area contributed by atoms with Crippen molar-refractivity contribution in [3.63, 3.8) is 0 Å². The van der Waals surface area contributed by atoms with E-state index < -0.39 is 0 Å². The van der Waals surface area contributed by atoms with Crippen molar-refractivity contribution in [2.24, 2.45) is 4.99 Å². The van der Waals surface area contributed by atoms with Crippen molar-refractivity contribution in [1.82, 2.24) is 0 Å². The largest absolute Gasteiger partial charge is 0.497 e. The fourth-order valence-electron chi connectivity index (χ4n) is 2.91. The molecule has 31 heavy (non-hydrogen) atoms. The number of thioether (sulfide) groups is 1. The van der Waals surface area contributed by atoms with Gasteiger partial charge in [0.2, 0.25) is 5.91 Å². The second-order valence-electron chi connectivity index (χ2n) is 6.48. The van der Waals surface area contributed by atoms with Crippen molar-refractivity contribution in [3.8, 4) is 5.75 Å². The molecule has 8 heteroatoms. The zero-order valence-corrected chi connectivity index (χ0v) is 17.5. The van der Waals surface area contributed by atoms with Gasteiger partial charge in [-0.25, -0.2) is 4.99 Å². The number of methoxy groups -OCH3 is 1. The smallest absolute Gasteiger partial charge is 0.283 e. The van der Waals surface area contributed by atoms with E-state index in [1.54, 1.807) is 49.6 Å². The van der Waals surface area contributed by atoms with E-state index in [1.165, 1.54) is 22.9 Å². The van der Waals surface area contributed by atoms with Crippen molar-refractivity contribution >= 4 is 46.2 Å². The van der Waals surface area contributed by atoms with Crippen LogP contribution in [0.2, 0.25) is 0 Å². The molecule has 2 heterocycles. The van der Waals surface area contributed by atoms with Crippen LogP contribution in [0.1, 0.15) is 5.76 Å². The Morgan fingerprint density at radius 3 is 2.58 bits per heavy atom. The number of rotatable bonds is 6. The summed E-state index contributed by atoms with van der Waals surface area (Å²) < 4.78 is 10.4. The summed E-state index contributed by atoms with van der Waals surface area (Å²) in [6.07, 6.45) is 3.12. The van der Waals surface area contributed by atoms with Crippen LogP contribution in [0.15, 0.2) is 88.1 Å². The topological polar surface area (TPSA) is 84.1 Å². The molecule has 0 unspecified atom stereocenters. The molecule has 0 bridgehead atoms. The number of carbonyl (C=O) groups excluding carboxylic acids is 2. The molecule has 3 aromatic rings. The summed E-state index contributed by atoms with van der Waals surface area (Å²) in [7, 11) is 1.58. The van der Waals surface area contributed by atoms with Gasteiger partial charge in [-0.15, -0.1) is 0 Å². The van der Waals surface area contributed by atoms with E-state index in [9.17, 15) is 9.59 Å². The lowest BCUT2D eigenvalue weighted by Gasteiger charge is -2.17. The Balaban J connectivity index is 1.50. The lowest BCUT2D eigenvalue weighted by Crippen LogP contribution is -2.31. The number of amides is 2. The molecule has 2 amide bonds. The number of furan rings is 1. The molecule has 1 aliphatic rings. The molecule has 2 aromatic carbocycles. The van der Waals surface area contributed by atoms with Crippen LogP contribution < -0.4 is 15.0 Å². The van der Waals surface area contributed by atoms with E-state index in [-0.39, 0.29) is 23.3 Å². The van der Waals surface area contributed by atoms with E-state index in [2.05, 4.69) is 10.3 Å². The molecular weight excluding hydrogens is 414 g/mol. The maximum atomic E-state index is 13.0. The number of hydrogen-bond acceptors (Lipinski definition) is 6. The molecule has 0 spiro atoms. The maximum absolute atomic E-state index is 13.0. The van der Waals surface area contributed by atoms with Gasteiger partial charge in [-0.05, 0) is 48.5 Å². The van der Waals surface area contributed by atoms with Crippen LogP contribution in [0, 0.1) is 0 Å². The van der Waals surface area contributed by atoms with Gasteiger partial charge >= 0.3 is 0 Å². The van der Waals surface area contributed by atoms with Crippen molar-refractivity contribution in [3.05, 3.63) is 84.5 Å². The van der Waals surface area contributed by atoms with Crippen molar-refractivity contribution in [1.29, 1.82) is 0 Å². The first-order valence-corrected chi connectivity index (χ1v) is 10.4. The van der Waals surface area contributed by atoms with E-state index in [4.69, 9.17) is 9.15 Å². The predicted molar refractivity (Wildman–Crippen MR) is 122 cm³/mol. The number of hydrogen-bond donors (Lipinski definition) is 1. The highest BCUT2D eigenvalue weighted by atomic mass is 32.2. The maximum Gasteiger partial charge on any atom is 0.283 e. The summed E-state index contributed by atoms with van der Waals surface area (Å²) in [5.41, 5.74) is 1.59. The van der Waals surface area contributed by atoms with Crippen LogP contribution in [0.5, 0.6) is 5.75 Å². The monoisotopic (exact) mass is 433 g/mol. The van der Waals surface area contributed by atoms with Crippen molar-refractivity contribution < 1.29 is 18.7 Å². The number of nitrogens with one attached hydrogen (secondary N) is 1. The summed E-state index contributed by atoms with van der Waals surface area (Å²) in [4.78, 5) is 31.4. The van der Waals surface area contributed by atoms with Gasteiger partial charge < -0.3 is 14.5 Å². The normalized spacial score (nSPS) is 14.6. The second-order valence-corrected chi connectivity index (χ2v) is 7.42. The van der Waals surface area contributed by atoms with Gasteiger partial charge in [0.05, 0.1) is 24.8 Å². The summed E-state index contributed by atoms with van der Waals surface area (Å²) >= 11 is 1.19. The minimum atomic E-state index is -0.277. The van der Waals surface area contributed by atoms with Crippen LogP contribution >= 0.6 is 11.8 Å². The van der Waals surface area contributed by atoms with Crippen molar-refractivity contribution in [2.75, 3.05) is 23.1 Å². The number of para-hydroxylation sites is 1. The third kappa shape index (κ3) is 4.87. The van der Waals surface area contributed by atoms with Gasteiger partial charge in [0.25, 0.3) is 5.91 Å². The minimum absolute atomic E-state index is 0.0928. The number of anilines is 2. The highest BCUT2D eigenvalue weighted by Gasteiger charge is 2.32. The van der Waals surface area contributed by atoms with Gasteiger partial charge in [-0.2, -0.15) is 0 Å². The summed E-state index contributed by atoms with van der Waals surface area (Å²) in [5.74, 6) is 0.849. The number of benzene rings is 2. The lowest BCUT2D eigenvalue weighted by atomic mass is 10.2. The van der Waals surface area contributed by atoms with E-state index in [0.29, 0.717) is 28.1 Å². The van der Waals surface area contributed by atoms with Crippen LogP contribution in [-0.2, 0) is 9.59 Å². The van der Waals surface area contributed by atoms with Crippen LogP contribution in [0.3, 0.4) is 0 Å². The molecule has 0 fully saturated rings. The third-order valence-corrected chi connectivity index (χ3v) is 5.31. The average molecular weight is 433 g/mol. The van der Waals surface area contributed by atoms with Crippen LogP contribution in [0.25, 0.3) is 6.08 Å². The fourth-order valence-corrected chi connectivity index (χ4v) is 3.72. The molecule has 0 atom stereocenters. The lowest BCUT2D eigenvalue weighted by molar-refractivity contribution is -0.114.